The van der Waals surface area contributed by atoms with Gasteiger partial charge in [-0.2, -0.15) is 5.26 Å². The van der Waals surface area contributed by atoms with Crippen LogP contribution in [0.1, 0.15) is 37.8 Å². The van der Waals surface area contributed by atoms with E-state index >= 15 is 0 Å². The van der Waals surface area contributed by atoms with Crippen molar-refractivity contribution in [3.05, 3.63) is 71.9 Å². The number of carbonyl (C=O) groups is 2. The highest BCUT2D eigenvalue weighted by Crippen LogP contribution is 2.22. The Morgan fingerprint density at radius 3 is 2.53 bits per heavy atom. The molecule has 1 N–H and O–H groups in total. The number of nitriles is 1. The number of benzene rings is 2. The molecule has 1 unspecified atom stereocenters. The number of para-hydroxylation sites is 1. The molecule has 0 saturated carbocycles. The van der Waals surface area contributed by atoms with Crippen molar-refractivity contribution in [2.75, 3.05) is 13.7 Å². The summed E-state index contributed by atoms with van der Waals surface area (Å²) in [6, 6.07) is 18.4. The average Bonchev–Trinajstić information content (AvgIpc) is 3.30. The Balaban J connectivity index is 1.91. The summed E-state index contributed by atoms with van der Waals surface area (Å²) in [5.74, 6) is -0.876. The van der Waals surface area contributed by atoms with Crippen molar-refractivity contribution < 1.29 is 19.2 Å². The first-order valence-corrected chi connectivity index (χ1v) is 12.0. The maximum absolute atomic E-state index is 13.8. The summed E-state index contributed by atoms with van der Waals surface area (Å²) < 4.78 is 5.09. The van der Waals surface area contributed by atoms with E-state index in [1.54, 1.807) is 0 Å². The Hall–Kier alpha value is -4.12. The van der Waals surface area contributed by atoms with Gasteiger partial charge in [-0.3, -0.25) is 4.79 Å². The Bertz CT molecular complexity index is 1230. The fourth-order valence-electron chi connectivity index (χ4n) is 4.01. The van der Waals surface area contributed by atoms with Gasteiger partial charge in [-0.05, 0) is 23.1 Å². The molecule has 8 heteroatoms. The zero-order valence-electron chi connectivity index (χ0n) is 20.9. The van der Waals surface area contributed by atoms with Crippen LogP contribution in [0.4, 0.5) is 0 Å². The van der Waals surface area contributed by atoms with Crippen molar-refractivity contribution in [3.63, 3.8) is 0 Å². The van der Waals surface area contributed by atoms with Crippen LogP contribution in [0.5, 0.6) is 0 Å². The number of methoxy groups -OCH3 is 1. The highest BCUT2D eigenvalue weighted by molar-refractivity contribution is 6.39. The van der Waals surface area contributed by atoms with Crippen LogP contribution in [0.25, 0.3) is 10.9 Å². The molecule has 1 heterocycles. The summed E-state index contributed by atoms with van der Waals surface area (Å²) >= 11 is 0. The molecule has 1 amide bonds. The molecule has 0 spiro atoms. The number of aromatic amines is 1. The quantitative estimate of drug-likeness (QED) is 0.227. The Labute approximate surface area is 211 Å². The first kappa shape index (κ1) is 26.5. The molecule has 0 saturated heterocycles. The lowest BCUT2D eigenvalue weighted by molar-refractivity contribution is -0.150. The summed E-state index contributed by atoms with van der Waals surface area (Å²) in [5.41, 5.74) is 2.93. The molecule has 0 aliphatic carbocycles. The summed E-state index contributed by atoms with van der Waals surface area (Å²) in [6.07, 6.45) is 2.48. The fraction of sp³-hybridized carbons (Fsp3) is 0.357. The van der Waals surface area contributed by atoms with Gasteiger partial charge in [0.25, 0.3) is 5.91 Å². The van der Waals surface area contributed by atoms with Gasteiger partial charge in [0.1, 0.15) is 18.4 Å². The van der Waals surface area contributed by atoms with Crippen molar-refractivity contribution in [2.45, 2.75) is 45.8 Å². The highest BCUT2D eigenvalue weighted by atomic mass is 16.6. The SMILES string of the molecule is COC(=O)C(Cc1c[nH]c2ccccc12)N(CCC#N)C(=O)/C(CC(C)C)=N/OCc1ccccc1. The Morgan fingerprint density at radius 1 is 1.11 bits per heavy atom. The van der Waals surface area contributed by atoms with Crippen LogP contribution in [0.2, 0.25) is 0 Å². The number of fused-ring (bicyclic) bond motifs is 1. The van der Waals surface area contributed by atoms with E-state index in [2.05, 4.69) is 16.2 Å². The third-order valence-corrected chi connectivity index (χ3v) is 5.76. The van der Waals surface area contributed by atoms with Gasteiger partial charge in [0.05, 0.1) is 19.6 Å². The number of nitrogens with one attached hydrogen (secondary N) is 1. The van der Waals surface area contributed by atoms with Gasteiger partial charge in [-0.15, -0.1) is 0 Å². The highest BCUT2D eigenvalue weighted by Gasteiger charge is 2.34. The summed E-state index contributed by atoms with van der Waals surface area (Å²) in [7, 11) is 1.30. The molecule has 0 fully saturated rings. The lowest BCUT2D eigenvalue weighted by Crippen LogP contribution is -2.50. The second-order valence-corrected chi connectivity index (χ2v) is 8.90. The number of hydrogen-bond donors (Lipinski definition) is 1. The minimum absolute atomic E-state index is 0.0625. The van der Waals surface area contributed by atoms with Gasteiger partial charge < -0.3 is 19.5 Å². The van der Waals surface area contributed by atoms with Crippen molar-refractivity contribution in [1.82, 2.24) is 9.88 Å². The maximum atomic E-state index is 13.8. The van der Waals surface area contributed by atoms with E-state index in [0.29, 0.717) is 6.42 Å². The van der Waals surface area contributed by atoms with Crippen LogP contribution in [-0.4, -0.2) is 47.2 Å². The predicted molar refractivity (Wildman–Crippen MR) is 138 cm³/mol. The maximum Gasteiger partial charge on any atom is 0.328 e. The van der Waals surface area contributed by atoms with Crippen LogP contribution in [0.15, 0.2) is 65.9 Å². The number of oxime groups is 1. The van der Waals surface area contributed by atoms with E-state index in [4.69, 9.17) is 9.57 Å². The van der Waals surface area contributed by atoms with Crippen molar-refractivity contribution in [1.29, 1.82) is 5.26 Å². The topological polar surface area (TPSA) is 108 Å². The first-order chi connectivity index (χ1) is 17.4. The number of H-pyrrole nitrogens is 1. The van der Waals surface area contributed by atoms with E-state index in [9.17, 15) is 14.9 Å². The van der Waals surface area contributed by atoms with Gasteiger partial charge in [0.15, 0.2) is 0 Å². The van der Waals surface area contributed by atoms with Crippen molar-refractivity contribution in [2.24, 2.45) is 11.1 Å². The van der Waals surface area contributed by atoms with Crippen LogP contribution in [0, 0.1) is 17.2 Å². The standard InChI is InChI=1S/C28H32N4O4/c1-20(2)16-25(31-36-19-21-10-5-4-6-11-21)27(33)32(15-9-14-29)26(28(34)35-3)17-22-18-30-24-13-8-7-12-23(22)24/h4-8,10-13,18,20,26,30H,9,15-17,19H2,1-3H3/b31-25+. The number of aromatic nitrogens is 1. The number of ether oxygens (including phenoxy) is 1. The molecule has 1 atom stereocenters. The first-order valence-electron chi connectivity index (χ1n) is 12.0. The van der Waals surface area contributed by atoms with Gasteiger partial charge in [-0.25, -0.2) is 4.79 Å². The Morgan fingerprint density at radius 2 is 1.83 bits per heavy atom. The summed E-state index contributed by atoms with van der Waals surface area (Å²) in [4.78, 5) is 36.9. The van der Waals surface area contributed by atoms with Gasteiger partial charge >= 0.3 is 5.97 Å². The smallest absolute Gasteiger partial charge is 0.328 e. The van der Waals surface area contributed by atoms with Gasteiger partial charge in [-0.1, -0.05) is 67.5 Å². The van der Waals surface area contributed by atoms with Crippen molar-refractivity contribution >= 4 is 28.5 Å². The number of esters is 1. The number of rotatable bonds is 12. The predicted octanol–water partition coefficient (Wildman–Crippen LogP) is 4.61. The van der Waals surface area contributed by atoms with E-state index in [1.807, 2.05) is 74.6 Å². The van der Waals surface area contributed by atoms with Crippen LogP contribution in [0.3, 0.4) is 0 Å². The molecular weight excluding hydrogens is 456 g/mol. The number of amides is 1. The second-order valence-electron chi connectivity index (χ2n) is 8.90. The molecule has 8 nitrogen and oxygen atoms in total. The van der Waals surface area contributed by atoms with E-state index in [1.165, 1.54) is 12.0 Å². The fourth-order valence-corrected chi connectivity index (χ4v) is 4.01. The minimum atomic E-state index is -0.929. The summed E-state index contributed by atoms with van der Waals surface area (Å²) in [5, 5.41) is 14.4. The molecular formula is C28H32N4O4. The zero-order valence-corrected chi connectivity index (χ0v) is 20.9. The van der Waals surface area contributed by atoms with Crippen LogP contribution in [-0.2, 0) is 32.2 Å². The zero-order chi connectivity index (χ0) is 25.9. The average molecular weight is 489 g/mol. The van der Waals surface area contributed by atoms with E-state index in [-0.39, 0.29) is 37.6 Å². The van der Waals surface area contributed by atoms with Crippen LogP contribution < -0.4 is 0 Å². The van der Waals surface area contributed by atoms with Crippen LogP contribution >= 0.6 is 0 Å². The van der Waals surface area contributed by atoms with Crippen molar-refractivity contribution in [3.8, 4) is 6.07 Å². The molecule has 188 valence electrons. The minimum Gasteiger partial charge on any atom is -0.467 e. The molecule has 3 aromatic rings. The van der Waals surface area contributed by atoms with Gasteiger partial charge in [0.2, 0.25) is 0 Å². The third-order valence-electron chi connectivity index (χ3n) is 5.76. The van der Waals surface area contributed by atoms with E-state index in [0.717, 1.165) is 22.0 Å². The number of nitrogens with zero attached hydrogens (tertiary/aromatic N) is 3. The molecule has 1 aromatic heterocycles. The molecule has 0 aliphatic rings. The normalized spacial score (nSPS) is 12.2. The monoisotopic (exact) mass is 488 g/mol. The lowest BCUT2D eigenvalue weighted by atomic mass is 10.0. The molecule has 0 radical (unpaired) electrons. The number of carbonyl (C=O) groups excluding carboxylic acids is 2. The van der Waals surface area contributed by atoms with Gasteiger partial charge in [0, 0.05) is 36.5 Å². The number of hydrogen-bond acceptors (Lipinski definition) is 6. The lowest BCUT2D eigenvalue weighted by Gasteiger charge is -2.30. The third kappa shape index (κ3) is 6.95. The molecule has 3 rings (SSSR count). The molecule has 36 heavy (non-hydrogen) atoms. The largest absolute Gasteiger partial charge is 0.467 e. The Kier molecular flexibility index (Phi) is 9.64. The van der Waals surface area contributed by atoms with E-state index < -0.39 is 17.9 Å². The summed E-state index contributed by atoms with van der Waals surface area (Å²) in [6.45, 7) is 4.23. The second kappa shape index (κ2) is 13.1. The molecule has 0 bridgehead atoms. The molecule has 2 aromatic carbocycles. The molecule has 0 aliphatic heterocycles.